The van der Waals surface area contributed by atoms with E-state index in [9.17, 15) is 9.59 Å². The number of rotatable bonds is 2. The molecule has 0 radical (unpaired) electrons. The summed E-state index contributed by atoms with van der Waals surface area (Å²) in [5, 5.41) is 12.1. The van der Waals surface area contributed by atoms with E-state index in [1.54, 1.807) is 6.26 Å². The average Bonchev–Trinajstić information content (AvgIpc) is 2.46. The molecule has 0 bridgehead atoms. The first-order valence-electron chi connectivity index (χ1n) is 3.41. The number of aromatic carboxylic acids is 1. The van der Waals surface area contributed by atoms with Crippen molar-refractivity contribution in [1.82, 2.24) is 9.78 Å². The van der Waals surface area contributed by atoms with Crippen LogP contribution in [-0.4, -0.2) is 32.2 Å². The highest BCUT2D eigenvalue weighted by molar-refractivity contribution is 8.13. The van der Waals surface area contributed by atoms with Gasteiger partial charge in [-0.25, -0.2) is 4.79 Å². The van der Waals surface area contributed by atoms with Gasteiger partial charge < -0.3 is 5.11 Å². The Morgan fingerprint density at radius 2 is 2.23 bits per heavy atom. The molecule has 0 unspecified atom stereocenters. The molecule has 0 aliphatic heterocycles. The number of aromatic nitrogens is 2. The number of thioether (sulfide) groups is 1. The zero-order valence-corrected chi connectivity index (χ0v) is 7.96. The van der Waals surface area contributed by atoms with Crippen LogP contribution < -0.4 is 0 Å². The molecule has 0 saturated carbocycles. The first kappa shape index (κ1) is 9.79. The van der Waals surface area contributed by atoms with Crippen LogP contribution in [0.2, 0.25) is 0 Å². The van der Waals surface area contributed by atoms with Crippen molar-refractivity contribution in [3.05, 3.63) is 17.5 Å². The fourth-order valence-corrected chi connectivity index (χ4v) is 1.37. The van der Waals surface area contributed by atoms with E-state index < -0.39 is 5.97 Å². The fourth-order valence-electron chi connectivity index (χ4n) is 0.933. The largest absolute Gasteiger partial charge is 0.478 e. The van der Waals surface area contributed by atoms with E-state index in [4.69, 9.17) is 5.11 Å². The van der Waals surface area contributed by atoms with Crippen molar-refractivity contribution < 1.29 is 14.7 Å². The molecule has 1 rings (SSSR count). The van der Waals surface area contributed by atoms with E-state index in [0.29, 0.717) is 0 Å². The van der Waals surface area contributed by atoms with Crippen LogP contribution >= 0.6 is 11.8 Å². The maximum absolute atomic E-state index is 11.3. The van der Waals surface area contributed by atoms with Crippen molar-refractivity contribution in [3.8, 4) is 0 Å². The summed E-state index contributed by atoms with van der Waals surface area (Å²) in [6.07, 6.45) is 2.77. The summed E-state index contributed by atoms with van der Waals surface area (Å²) < 4.78 is 1.27. The maximum atomic E-state index is 11.3. The standard InChI is InChI=1S/C7H8N2O3S/c1-9-5(7(12)13-2)4(3-8-9)6(10)11/h3H,1-2H3,(H,10,11). The van der Waals surface area contributed by atoms with Crippen LogP contribution in [0, 0.1) is 0 Å². The smallest absolute Gasteiger partial charge is 0.339 e. The summed E-state index contributed by atoms with van der Waals surface area (Å²) in [6, 6.07) is 0. The van der Waals surface area contributed by atoms with Crippen LogP contribution in [0.15, 0.2) is 6.20 Å². The molecule has 1 aromatic rings. The number of carbonyl (C=O) groups is 2. The second-order valence-corrected chi connectivity index (χ2v) is 3.11. The first-order valence-corrected chi connectivity index (χ1v) is 4.64. The summed E-state index contributed by atoms with van der Waals surface area (Å²) in [4.78, 5) is 21.9. The van der Waals surface area contributed by atoms with Gasteiger partial charge in [-0.05, 0) is 6.26 Å². The Morgan fingerprint density at radius 3 is 2.69 bits per heavy atom. The van der Waals surface area contributed by atoms with Gasteiger partial charge in [-0.2, -0.15) is 5.10 Å². The van der Waals surface area contributed by atoms with Gasteiger partial charge in [0, 0.05) is 7.05 Å². The second kappa shape index (κ2) is 3.61. The van der Waals surface area contributed by atoms with Crippen LogP contribution in [0.5, 0.6) is 0 Å². The number of carboxylic acids is 1. The summed E-state index contributed by atoms with van der Waals surface area (Å²) in [5.41, 5.74) is 0.0712. The molecule has 0 fully saturated rings. The van der Waals surface area contributed by atoms with Crippen molar-refractivity contribution in [2.45, 2.75) is 0 Å². The van der Waals surface area contributed by atoms with Crippen LogP contribution in [0.4, 0.5) is 0 Å². The molecule has 0 aliphatic rings. The van der Waals surface area contributed by atoms with Crippen LogP contribution in [-0.2, 0) is 7.05 Å². The van der Waals surface area contributed by atoms with Gasteiger partial charge in [0.1, 0.15) is 11.3 Å². The topological polar surface area (TPSA) is 72.2 Å². The summed E-state index contributed by atoms with van der Waals surface area (Å²) in [5.74, 6) is -1.13. The van der Waals surface area contributed by atoms with Gasteiger partial charge in [0.2, 0.25) is 5.12 Å². The van der Waals surface area contributed by atoms with Gasteiger partial charge in [0.05, 0.1) is 6.20 Å². The van der Waals surface area contributed by atoms with E-state index in [0.717, 1.165) is 11.8 Å². The Hall–Kier alpha value is -1.30. The SMILES string of the molecule is CSC(=O)c1c(C(=O)O)cnn1C. The Labute approximate surface area is 78.7 Å². The molecule has 0 saturated heterocycles. The third kappa shape index (κ3) is 1.72. The molecular formula is C7H8N2O3S. The van der Waals surface area contributed by atoms with E-state index in [1.165, 1.54) is 17.9 Å². The third-order valence-electron chi connectivity index (χ3n) is 1.55. The number of aryl methyl sites for hydroxylation is 1. The Bertz CT molecular complexity index is 359. The summed E-state index contributed by atoms with van der Waals surface area (Å²) in [6.45, 7) is 0. The molecule has 0 atom stereocenters. The molecular weight excluding hydrogens is 192 g/mol. The molecule has 70 valence electrons. The predicted octanol–water partition coefficient (Wildman–Crippen LogP) is 0.621. The minimum absolute atomic E-state index is 0.0538. The zero-order valence-electron chi connectivity index (χ0n) is 7.14. The fraction of sp³-hybridized carbons (Fsp3) is 0.286. The van der Waals surface area contributed by atoms with Gasteiger partial charge >= 0.3 is 5.97 Å². The van der Waals surface area contributed by atoms with E-state index in [2.05, 4.69) is 5.10 Å². The zero-order chi connectivity index (χ0) is 10.0. The molecule has 0 aliphatic carbocycles. The van der Waals surface area contributed by atoms with Crippen molar-refractivity contribution in [2.75, 3.05) is 6.26 Å². The highest BCUT2D eigenvalue weighted by atomic mass is 32.2. The Balaban J connectivity index is 3.24. The maximum Gasteiger partial charge on any atom is 0.339 e. The average molecular weight is 200 g/mol. The van der Waals surface area contributed by atoms with Gasteiger partial charge in [-0.1, -0.05) is 11.8 Å². The van der Waals surface area contributed by atoms with Crippen molar-refractivity contribution in [2.24, 2.45) is 7.05 Å². The highest BCUT2D eigenvalue weighted by Gasteiger charge is 2.20. The number of nitrogens with zero attached hydrogens (tertiary/aromatic N) is 2. The Kier molecular flexibility index (Phi) is 2.72. The molecule has 1 heterocycles. The summed E-state index contributed by atoms with van der Waals surface area (Å²) >= 11 is 0.965. The minimum atomic E-state index is -1.13. The monoisotopic (exact) mass is 200 g/mol. The van der Waals surface area contributed by atoms with Crippen molar-refractivity contribution >= 4 is 22.8 Å². The molecule has 0 spiro atoms. The van der Waals surface area contributed by atoms with Crippen molar-refractivity contribution in [1.29, 1.82) is 0 Å². The molecule has 1 aromatic heterocycles. The van der Waals surface area contributed by atoms with Crippen LogP contribution in [0.3, 0.4) is 0 Å². The lowest BCUT2D eigenvalue weighted by Crippen LogP contribution is -2.08. The van der Waals surface area contributed by atoms with Crippen molar-refractivity contribution in [3.63, 3.8) is 0 Å². The molecule has 0 aromatic carbocycles. The van der Waals surface area contributed by atoms with Gasteiger partial charge in [0.25, 0.3) is 0 Å². The number of hydrogen-bond acceptors (Lipinski definition) is 4. The van der Waals surface area contributed by atoms with Gasteiger partial charge in [-0.15, -0.1) is 0 Å². The van der Waals surface area contributed by atoms with E-state index in [-0.39, 0.29) is 16.4 Å². The lowest BCUT2D eigenvalue weighted by molar-refractivity contribution is 0.0693. The Morgan fingerprint density at radius 1 is 1.62 bits per heavy atom. The number of carboxylic acid groups (broad SMARTS) is 1. The summed E-state index contributed by atoms with van der Waals surface area (Å²) in [7, 11) is 1.54. The molecule has 0 amide bonds. The van der Waals surface area contributed by atoms with Gasteiger partial charge in [0.15, 0.2) is 0 Å². The third-order valence-corrected chi connectivity index (χ3v) is 2.11. The molecule has 1 N–H and O–H groups in total. The number of carbonyl (C=O) groups excluding carboxylic acids is 1. The number of hydrogen-bond donors (Lipinski definition) is 1. The lowest BCUT2D eigenvalue weighted by atomic mass is 10.2. The molecule has 5 nitrogen and oxygen atoms in total. The quantitative estimate of drug-likeness (QED) is 0.757. The van der Waals surface area contributed by atoms with E-state index in [1.807, 2.05) is 0 Å². The second-order valence-electron chi connectivity index (χ2n) is 2.33. The van der Waals surface area contributed by atoms with Gasteiger partial charge in [-0.3, -0.25) is 9.48 Å². The van der Waals surface area contributed by atoms with E-state index >= 15 is 0 Å². The highest BCUT2D eigenvalue weighted by Crippen LogP contribution is 2.13. The lowest BCUT2D eigenvalue weighted by Gasteiger charge is -1.98. The van der Waals surface area contributed by atoms with Crippen LogP contribution in [0.1, 0.15) is 20.8 Å². The molecule has 6 heteroatoms. The van der Waals surface area contributed by atoms with Crippen LogP contribution in [0.25, 0.3) is 0 Å². The predicted molar refractivity (Wildman–Crippen MR) is 48.0 cm³/mol. The minimum Gasteiger partial charge on any atom is -0.478 e. The normalized spacial score (nSPS) is 10.0. The molecule has 13 heavy (non-hydrogen) atoms. The first-order chi connectivity index (χ1) is 6.07.